The van der Waals surface area contributed by atoms with Gasteiger partial charge in [-0.1, -0.05) is 28.6 Å². The number of nitrogens with zero attached hydrogens (tertiary/aromatic N) is 2. The van der Waals surface area contributed by atoms with Gasteiger partial charge >= 0.3 is 5.97 Å². The topological polar surface area (TPSA) is 135 Å². The van der Waals surface area contributed by atoms with E-state index in [9.17, 15) is 18.0 Å². The Morgan fingerprint density at radius 3 is 2.38 bits per heavy atom. The number of hydrogen-bond acceptors (Lipinski definition) is 8. The van der Waals surface area contributed by atoms with Crippen molar-refractivity contribution in [2.24, 2.45) is 5.16 Å². The van der Waals surface area contributed by atoms with Crippen molar-refractivity contribution in [3.8, 4) is 0 Å². The molecule has 4 rings (SSSR count). The lowest BCUT2D eigenvalue weighted by molar-refractivity contribution is -0.110. The highest BCUT2D eigenvalue weighted by Gasteiger charge is 2.36. The fourth-order valence-corrected chi connectivity index (χ4v) is 6.42. The number of rotatable bonds is 8. The minimum Gasteiger partial charge on any atom is -0.476 e. The minimum atomic E-state index is -3.35. The molecule has 2 fully saturated rings. The van der Waals surface area contributed by atoms with Crippen molar-refractivity contribution in [2.45, 2.75) is 54.8 Å². The summed E-state index contributed by atoms with van der Waals surface area (Å²) in [5, 5.41) is 15.5. The van der Waals surface area contributed by atoms with Crippen LogP contribution >= 0.6 is 27.3 Å². The molecule has 9 nitrogen and oxygen atoms in total. The van der Waals surface area contributed by atoms with E-state index in [1.165, 1.54) is 24.3 Å². The molecular weight excluding hydrogens is 522 g/mol. The number of anilines is 1. The van der Waals surface area contributed by atoms with E-state index in [4.69, 9.17) is 9.94 Å². The van der Waals surface area contributed by atoms with Gasteiger partial charge in [0.25, 0.3) is 5.91 Å². The van der Waals surface area contributed by atoms with Gasteiger partial charge in [-0.2, -0.15) is 0 Å². The van der Waals surface area contributed by atoms with Crippen LogP contribution in [0, 0.1) is 0 Å². The molecule has 2 aliphatic rings. The summed E-state index contributed by atoms with van der Waals surface area (Å²) in [6.45, 7) is 0. The van der Waals surface area contributed by atoms with Crippen LogP contribution in [0.1, 0.15) is 54.6 Å². The zero-order chi connectivity index (χ0) is 22.9. The fraction of sp³-hybridized carbons (Fsp3) is 0.400. The SMILES string of the molecule is O=C(Nc1nc(C(=O)O)c(Br)s1)/C(=N/OC1CCCC1)c1ccc(S(=O)(=O)C2CC2)cc1. The van der Waals surface area contributed by atoms with Crippen LogP contribution in [-0.4, -0.2) is 47.5 Å². The molecule has 0 bridgehead atoms. The third kappa shape index (κ3) is 5.02. The second-order valence-electron chi connectivity index (χ2n) is 7.62. The Hall–Kier alpha value is -2.31. The van der Waals surface area contributed by atoms with Gasteiger partial charge in [-0.05, 0) is 66.6 Å². The number of nitrogens with one attached hydrogen (secondary N) is 1. The number of hydrogen-bond donors (Lipinski definition) is 2. The average Bonchev–Trinajstić information content (AvgIpc) is 3.38. The van der Waals surface area contributed by atoms with Crippen molar-refractivity contribution in [1.29, 1.82) is 0 Å². The largest absolute Gasteiger partial charge is 0.476 e. The predicted molar refractivity (Wildman–Crippen MR) is 122 cm³/mol. The number of aromatic carboxylic acids is 1. The van der Waals surface area contributed by atoms with Gasteiger partial charge in [0.1, 0.15) is 9.89 Å². The van der Waals surface area contributed by atoms with E-state index in [-0.39, 0.29) is 36.6 Å². The van der Waals surface area contributed by atoms with E-state index in [1.54, 1.807) is 0 Å². The standard InChI is InChI=1S/C20H20BrN3O6S2/c21-17-16(19(26)27)22-20(31-17)23-18(25)15(24-30-12-3-1-2-4-12)11-5-7-13(8-6-11)32(28,29)14-9-10-14/h5-8,12,14H,1-4,9-10H2,(H,26,27)(H,22,23,25)/b24-15+. The zero-order valence-electron chi connectivity index (χ0n) is 16.8. The van der Waals surface area contributed by atoms with Crippen molar-refractivity contribution in [3.05, 3.63) is 39.3 Å². The van der Waals surface area contributed by atoms with Crippen LogP contribution in [0.15, 0.2) is 38.1 Å². The first kappa shape index (κ1) is 22.9. The summed E-state index contributed by atoms with van der Waals surface area (Å²) in [7, 11) is -3.35. The Bertz CT molecular complexity index is 1170. The first-order chi connectivity index (χ1) is 15.3. The summed E-state index contributed by atoms with van der Waals surface area (Å²) >= 11 is 4.08. The maximum absolute atomic E-state index is 13.0. The lowest BCUT2D eigenvalue weighted by Crippen LogP contribution is -2.25. The molecule has 0 spiro atoms. The molecule has 0 radical (unpaired) electrons. The number of carboxylic acid groups (broad SMARTS) is 1. The highest BCUT2D eigenvalue weighted by Crippen LogP contribution is 2.33. The minimum absolute atomic E-state index is 0.0459. The highest BCUT2D eigenvalue weighted by molar-refractivity contribution is 9.11. The van der Waals surface area contributed by atoms with Crippen molar-refractivity contribution in [1.82, 2.24) is 4.98 Å². The molecular formula is C20H20BrN3O6S2. The third-order valence-electron chi connectivity index (χ3n) is 5.24. The molecule has 0 unspecified atom stereocenters. The average molecular weight is 542 g/mol. The zero-order valence-corrected chi connectivity index (χ0v) is 20.0. The lowest BCUT2D eigenvalue weighted by Gasteiger charge is -2.11. The van der Waals surface area contributed by atoms with Crippen LogP contribution in [0.25, 0.3) is 0 Å². The van der Waals surface area contributed by atoms with Gasteiger partial charge in [0, 0.05) is 5.56 Å². The van der Waals surface area contributed by atoms with E-state index >= 15 is 0 Å². The first-order valence-electron chi connectivity index (χ1n) is 10.0. The number of benzene rings is 1. The van der Waals surface area contributed by atoms with Gasteiger partial charge in [-0.25, -0.2) is 18.2 Å². The molecule has 0 atom stereocenters. The number of thiazole rings is 1. The summed E-state index contributed by atoms with van der Waals surface area (Å²) in [5.74, 6) is -1.86. The van der Waals surface area contributed by atoms with Crippen molar-refractivity contribution in [3.63, 3.8) is 0 Å². The summed E-state index contributed by atoms with van der Waals surface area (Å²) < 4.78 is 25.2. The van der Waals surface area contributed by atoms with Crippen LogP contribution in [0.5, 0.6) is 0 Å². The molecule has 32 heavy (non-hydrogen) atoms. The lowest BCUT2D eigenvalue weighted by atomic mass is 10.1. The second-order valence-corrected chi connectivity index (χ2v) is 12.2. The van der Waals surface area contributed by atoms with Crippen molar-refractivity contribution >= 4 is 59.8 Å². The molecule has 0 aliphatic heterocycles. The number of carbonyl (C=O) groups excluding carboxylic acids is 1. The molecule has 2 saturated carbocycles. The van der Waals surface area contributed by atoms with Gasteiger partial charge in [0.15, 0.2) is 26.4 Å². The predicted octanol–water partition coefficient (Wildman–Crippen LogP) is 3.84. The molecule has 2 aliphatic carbocycles. The number of amides is 1. The number of aromatic nitrogens is 1. The quantitative estimate of drug-likeness (QED) is 0.382. The molecule has 1 aromatic carbocycles. The molecule has 1 heterocycles. The third-order valence-corrected chi connectivity index (χ3v) is 9.14. The molecule has 170 valence electrons. The maximum atomic E-state index is 13.0. The van der Waals surface area contributed by atoms with Crippen LogP contribution in [0.4, 0.5) is 5.13 Å². The summed E-state index contributed by atoms with van der Waals surface area (Å²) in [4.78, 5) is 33.9. The number of halogens is 1. The van der Waals surface area contributed by atoms with E-state index in [0.29, 0.717) is 18.4 Å². The monoisotopic (exact) mass is 541 g/mol. The summed E-state index contributed by atoms with van der Waals surface area (Å²) in [6, 6.07) is 5.96. The van der Waals surface area contributed by atoms with Gasteiger partial charge in [-0.3, -0.25) is 10.1 Å². The highest BCUT2D eigenvalue weighted by atomic mass is 79.9. The van der Waals surface area contributed by atoms with E-state index < -0.39 is 21.7 Å². The first-order valence-corrected chi connectivity index (χ1v) is 13.2. The smallest absolute Gasteiger partial charge is 0.356 e. The fourth-order valence-electron chi connectivity index (χ4n) is 3.36. The summed E-state index contributed by atoms with van der Waals surface area (Å²) in [5.41, 5.74) is 0.125. The van der Waals surface area contributed by atoms with Gasteiger partial charge in [0.2, 0.25) is 0 Å². The van der Waals surface area contributed by atoms with E-state index in [0.717, 1.165) is 37.0 Å². The number of carbonyl (C=O) groups is 2. The number of carboxylic acids is 1. The molecule has 2 N–H and O–H groups in total. The normalized spacial score (nSPS) is 17.3. The van der Waals surface area contributed by atoms with E-state index in [1.807, 2.05) is 0 Å². The Morgan fingerprint density at radius 1 is 1.16 bits per heavy atom. The molecule has 1 aromatic heterocycles. The van der Waals surface area contributed by atoms with Crippen molar-refractivity contribution < 1.29 is 28.0 Å². The molecule has 2 aromatic rings. The molecule has 1 amide bonds. The van der Waals surface area contributed by atoms with Crippen LogP contribution < -0.4 is 5.32 Å². The Balaban J connectivity index is 1.59. The maximum Gasteiger partial charge on any atom is 0.356 e. The summed E-state index contributed by atoms with van der Waals surface area (Å²) in [6.07, 6.45) is 4.99. The van der Waals surface area contributed by atoms with Gasteiger partial charge < -0.3 is 9.94 Å². The Morgan fingerprint density at radius 2 is 1.81 bits per heavy atom. The van der Waals surface area contributed by atoms with Crippen LogP contribution in [0.2, 0.25) is 0 Å². The van der Waals surface area contributed by atoms with Crippen LogP contribution in [-0.2, 0) is 19.5 Å². The van der Waals surface area contributed by atoms with E-state index in [2.05, 4.69) is 31.4 Å². The molecule has 0 saturated heterocycles. The Kier molecular flexibility index (Phi) is 6.63. The van der Waals surface area contributed by atoms with Crippen molar-refractivity contribution in [2.75, 3.05) is 5.32 Å². The van der Waals surface area contributed by atoms with Crippen LogP contribution in [0.3, 0.4) is 0 Å². The molecule has 12 heteroatoms. The Labute approximate surface area is 196 Å². The van der Waals surface area contributed by atoms with Gasteiger partial charge in [0.05, 0.1) is 10.1 Å². The van der Waals surface area contributed by atoms with Gasteiger partial charge in [-0.15, -0.1) is 0 Å². The number of oxime groups is 1. The number of sulfone groups is 1. The second kappa shape index (κ2) is 9.28.